The first-order valence-corrected chi connectivity index (χ1v) is 10.1. The van der Waals surface area contributed by atoms with Crippen molar-refractivity contribution < 1.29 is 9.53 Å². The Labute approximate surface area is 206 Å². The SMILES string of the molecule is CN=C(NCc1ccc(C(=O)N(C)C)cc1)NCc1cccc(Oc2ccccc2)c1.I. The minimum Gasteiger partial charge on any atom is -0.457 e. The van der Waals surface area contributed by atoms with E-state index >= 15 is 0 Å². The molecule has 168 valence electrons. The van der Waals surface area contributed by atoms with Gasteiger partial charge in [-0.2, -0.15) is 0 Å². The number of carbonyl (C=O) groups excluding carboxylic acids is 1. The number of halogens is 1. The summed E-state index contributed by atoms with van der Waals surface area (Å²) in [7, 11) is 5.23. The molecule has 6 nitrogen and oxygen atoms in total. The van der Waals surface area contributed by atoms with E-state index in [1.165, 1.54) is 0 Å². The van der Waals surface area contributed by atoms with Gasteiger partial charge in [0.1, 0.15) is 11.5 Å². The molecule has 32 heavy (non-hydrogen) atoms. The Morgan fingerprint density at radius 1 is 0.844 bits per heavy atom. The van der Waals surface area contributed by atoms with Crippen LogP contribution in [-0.2, 0) is 13.1 Å². The smallest absolute Gasteiger partial charge is 0.253 e. The summed E-state index contributed by atoms with van der Waals surface area (Å²) in [6.45, 7) is 1.22. The van der Waals surface area contributed by atoms with Crippen molar-refractivity contribution in [2.24, 2.45) is 4.99 Å². The molecule has 0 fully saturated rings. The van der Waals surface area contributed by atoms with E-state index in [0.29, 0.717) is 24.6 Å². The quantitative estimate of drug-likeness (QED) is 0.258. The molecule has 7 heteroatoms. The lowest BCUT2D eigenvalue weighted by Crippen LogP contribution is -2.36. The Morgan fingerprint density at radius 3 is 2.09 bits per heavy atom. The Kier molecular flexibility index (Phi) is 10.0. The average Bonchev–Trinajstić information content (AvgIpc) is 2.80. The van der Waals surface area contributed by atoms with Crippen molar-refractivity contribution in [3.8, 4) is 11.5 Å². The fraction of sp³-hybridized carbons (Fsp3) is 0.200. The van der Waals surface area contributed by atoms with Crippen LogP contribution in [0.25, 0.3) is 0 Å². The average molecular weight is 544 g/mol. The predicted octanol–water partition coefficient (Wildman–Crippen LogP) is 4.66. The number of hydrogen-bond donors (Lipinski definition) is 2. The molecule has 0 saturated carbocycles. The van der Waals surface area contributed by atoms with Crippen LogP contribution in [0.3, 0.4) is 0 Å². The number of amides is 1. The van der Waals surface area contributed by atoms with Crippen molar-refractivity contribution in [3.63, 3.8) is 0 Å². The van der Waals surface area contributed by atoms with Crippen LogP contribution in [0.1, 0.15) is 21.5 Å². The van der Waals surface area contributed by atoms with Gasteiger partial charge < -0.3 is 20.3 Å². The van der Waals surface area contributed by atoms with Crippen molar-refractivity contribution in [2.45, 2.75) is 13.1 Å². The molecule has 3 aromatic rings. The van der Waals surface area contributed by atoms with E-state index in [9.17, 15) is 4.79 Å². The Hall–Kier alpha value is -3.07. The van der Waals surface area contributed by atoms with E-state index in [2.05, 4.69) is 15.6 Å². The summed E-state index contributed by atoms with van der Waals surface area (Å²) in [5, 5.41) is 6.61. The zero-order chi connectivity index (χ0) is 22.1. The highest BCUT2D eigenvalue weighted by Crippen LogP contribution is 2.21. The molecule has 3 aromatic carbocycles. The molecular formula is C25H29IN4O2. The molecule has 0 unspecified atom stereocenters. The van der Waals surface area contributed by atoms with Gasteiger partial charge in [-0.25, -0.2) is 0 Å². The Bertz CT molecular complexity index is 1020. The first kappa shape index (κ1) is 25.2. The second-order valence-corrected chi connectivity index (χ2v) is 7.24. The van der Waals surface area contributed by atoms with Gasteiger partial charge >= 0.3 is 0 Å². The highest BCUT2D eigenvalue weighted by atomic mass is 127. The minimum absolute atomic E-state index is 0. The molecule has 0 spiro atoms. The monoisotopic (exact) mass is 544 g/mol. The minimum atomic E-state index is -0.00420. The molecule has 0 aromatic heterocycles. The maximum Gasteiger partial charge on any atom is 0.253 e. The van der Waals surface area contributed by atoms with Crippen LogP contribution in [0, 0.1) is 0 Å². The molecule has 0 bridgehead atoms. The summed E-state index contributed by atoms with van der Waals surface area (Å²) in [4.78, 5) is 17.8. The number of rotatable bonds is 7. The molecule has 0 aliphatic heterocycles. The van der Waals surface area contributed by atoms with Gasteiger partial charge in [0.25, 0.3) is 5.91 Å². The summed E-state index contributed by atoms with van der Waals surface area (Å²) < 4.78 is 5.90. The van der Waals surface area contributed by atoms with Crippen molar-refractivity contribution in [2.75, 3.05) is 21.1 Å². The second kappa shape index (κ2) is 12.7. The van der Waals surface area contributed by atoms with Gasteiger partial charge in [0.2, 0.25) is 0 Å². The summed E-state index contributed by atoms with van der Waals surface area (Å²) >= 11 is 0. The molecular weight excluding hydrogens is 515 g/mol. The zero-order valence-electron chi connectivity index (χ0n) is 18.5. The van der Waals surface area contributed by atoms with Gasteiger partial charge in [0, 0.05) is 39.8 Å². The van der Waals surface area contributed by atoms with Crippen LogP contribution in [0.15, 0.2) is 83.9 Å². The van der Waals surface area contributed by atoms with Crippen LogP contribution in [0.4, 0.5) is 0 Å². The first-order chi connectivity index (χ1) is 15.0. The van der Waals surface area contributed by atoms with Crippen molar-refractivity contribution >= 4 is 35.8 Å². The number of nitrogens with one attached hydrogen (secondary N) is 2. The normalized spacial score (nSPS) is 10.7. The Balaban J connectivity index is 0.00000363. The van der Waals surface area contributed by atoms with Crippen LogP contribution >= 0.6 is 24.0 Å². The van der Waals surface area contributed by atoms with Gasteiger partial charge in [-0.1, -0.05) is 42.5 Å². The number of nitrogens with zero attached hydrogens (tertiary/aromatic N) is 2. The van der Waals surface area contributed by atoms with Crippen molar-refractivity contribution in [1.29, 1.82) is 0 Å². The zero-order valence-corrected chi connectivity index (χ0v) is 20.9. The van der Waals surface area contributed by atoms with Crippen LogP contribution in [0.2, 0.25) is 0 Å². The van der Waals surface area contributed by atoms with Crippen LogP contribution in [0.5, 0.6) is 11.5 Å². The maximum atomic E-state index is 12.0. The molecule has 1 amide bonds. The first-order valence-electron chi connectivity index (χ1n) is 10.1. The lowest BCUT2D eigenvalue weighted by Gasteiger charge is -2.14. The van der Waals surface area contributed by atoms with Gasteiger partial charge in [0.15, 0.2) is 5.96 Å². The number of ether oxygens (including phenoxy) is 1. The van der Waals surface area contributed by atoms with Gasteiger partial charge in [-0.15, -0.1) is 24.0 Å². The number of carbonyl (C=O) groups is 1. The van der Waals surface area contributed by atoms with E-state index in [0.717, 1.165) is 22.6 Å². The molecule has 0 heterocycles. The summed E-state index contributed by atoms with van der Waals surface area (Å²) in [5.41, 5.74) is 2.83. The number of benzene rings is 3. The summed E-state index contributed by atoms with van der Waals surface area (Å²) in [6.07, 6.45) is 0. The van der Waals surface area contributed by atoms with Crippen LogP contribution < -0.4 is 15.4 Å². The van der Waals surface area contributed by atoms with Crippen molar-refractivity contribution in [3.05, 3.63) is 95.6 Å². The summed E-state index contributed by atoms with van der Waals surface area (Å²) in [5.74, 6) is 2.29. The van der Waals surface area contributed by atoms with Gasteiger partial charge in [-0.3, -0.25) is 9.79 Å². The topological polar surface area (TPSA) is 66.0 Å². The third-order valence-electron chi connectivity index (χ3n) is 4.63. The van der Waals surface area contributed by atoms with Crippen LogP contribution in [-0.4, -0.2) is 37.9 Å². The molecule has 0 radical (unpaired) electrons. The van der Waals surface area contributed by atoms with E-state index in [-0.39, 0.29) is 29.9 Å². The lowest BCUT2D eigenvalue weighted by atomic mass is 10.1. The third kappa shape index (κ3) is 7.56. The highest BCUT2D eigenvalue weighted by Gasteiger charge is 2.07. The molecule has 3 rings (SSSR count). The Morgan fingerprint density at radius 2 is 1.47 bits per heavy atom. The molecule has 0 aliphatic rings. The van der Waals surface area contributed by atoms with E-state index < -0.39 is 0 Å². The fourth-order valence-electron chi connectivity index (χ4n) is 2.96. The predicted molar refractivity (Wildman–Crippen MR) is 140 cm³/mol. The number of hydrogen-bond acceptors (Lipinski definition) is 3. The van der Waals surface area contributed by atoms with E-state index in [4.69, 9.17) is 4.74 Å². The largest absolute Gasteiger partial charge is 0.457 e. The molecule has 2 N–H and O–H groups in total. The highest BCUT2D eigenvalue weighted by molar-refractivity contribution is 14.0. The molecule has 0 aliphatic carbocycles. The number of aliphatic imine (C=N–C) groups is 1. The standard InChI is InChI=1S/C25H28N4O2.HI/c1-26-25(27-17-19-12-14-21(15-13-19)24(30)29(2)3)28-18-20-8-7-11-23(16-20)31-22-9-5-4-6-10-22;/h4-16H,17-18H2,1-3H3,(H2,26,27,28);1H. The van der Waals surface area contributed by atoms with Crippen molar-refractivity contribution in [1.82, 2.24) is 15.5 Å². The van der Waals surface area contributed by atoms with E-state index in [1.807, 2.05) is 78.9 Å². The van der Waals surface area contributed by atoms with E-state index in [1.54, 1.807) is 26.0 Å². The number of para-hydroxylation sites is 1. The summed E-state index contributed by atoms with van der Waals surface area (Å²) in [6, 6.07) is 25.3. The fourth-order valence-corrected chi connectivity index (χ4v) is 2.96. The molecule has 0 saturated heterocycles. The lowest BCUT2D eigenvalue weighted by molar-refractivity contribution is 0.0827. The third-order valence-corrected chi connectivity index (χ3v) is 4.63. The molecule has 0 atom stereocenters. The second-order valence-electron chi connectivity index (χ2n) is 7.24. The number of guanidine groups is 1. The van der Waals surface area contributed by atoms with Gasteiger partial charge in [-0.05, 0) is 47.5 Å². The maximum absolute atomic E-state index is 12.0. The van der Waals surface area contributed by atoms with Gasteiger partial charge in [0.05, 0.1) is 0 Å².